The third kappa shape index (κ3) is 7.34. The van der Waals surface area contributed by atoms with E-state index in [0.29, 0.717) is 26.7 Å². The van der Waals surface area contributed by atoms with Gasteiger partial charge in [-0.25, -0.2) is 27.6 Å². The lowest BCUT2D eigenvalue weighted by atomic mass is 10.1. The molecule has 0 aliphatic heterocycles. The maximum absolute atomic E-state index is 13.8. The molecule has 0 bridgehead atoms. The van der Waals surface area contributed by atoms with Gasteiger partial charge in [0.2, 0.25) is 0 Å². The molecule has 2 aromatic carbocycles. The second-order valence-corrected chi connectivity index (χ2v) is 14.0. The topological polar surface area (TPSA) is 117 Å². The number of hydrogen-bond donors (Lipinski definition) is 0. The van der Waals surface area contributed by atoms with Crippen LogP contribution in [0.25, 0.3) is 22.3 Å². The van der Waals surface area contributed by atoms with Gasteiger partial charge in [0, 0.05) is 22.7 Å². The minimum atomic E-state index is -4.36. The molecule has 10 nitrogen and oxygen atoms in total. The van der Waals surface area contributed by atoms with Gasteiger partial charge in [-0.3, -0.25) is 0 Å². The number of fused-ring (bicyclic) bond motifs is 1. The van der Waals surface area contributed by atoms with Crippen molar-refractivity contribution in [3.63, 3.8) is 0 Å². The van der Waals surface area contributed by atoms with Gasteiger partial charge in [0.1, 0.15) is 22.6 Å². The summed E-state index contributed by atoms with van der Waals surface area (Å²) in [6.45, 7) is 11.6. The average Bonchev–Trinajstić information content (AvgIpc) is 3.28. The van der Waals surface area contributed by atoms with E-state index in [4.69, 9.17) is 19.2 Å². The van der Waals surface area contributed by atoms with Crippen LogP contribution in [0, 0.1) is 6.92 Å². The van der Waals surface area contributed by atoms with Crippen molar-refractivity contribution in [2.75, 3.05) is 7.11 Å². The molecule has 0 N–H and O–H groups in total. The molecular formula is C32H37N3O7S. The number of hydrogen-bond acceptors (Lipinski definition) is 8. The maximum atomic E-state index is 13.8. The fourth-order valence-corrected chi connectivity index (χ4v) is 5.52. The fourth-order valence-electron chi connectivity index (χ4n) is 4.24. The molecule has 0 spiro atoms. The third-order valence-corrected chi connectivity index (χ3v) is 7.94. The van der Waals surface area contributed by atoms with Gasteiger partial charge in [0.15, 0.2) is 0 Å². The number of aromatic nitrogens is 2. The van der Waals surface area contributed by atoms with Gasteiger partial charge in [-0.05, 0) is 84.9 Å². The molecule has 0 aliphatic rings. The highest BCUT2D eigenvalue weighted by Crippen LogP contribution is 2.30. The SMILES string of the molecule is COc1cccc(-c2ccc3c(CN(C(=O)OC(C)(C)C)S(=O)(=O)c4ccc(C)cc4)cn(C(=O)OC(C)(C)C)c3n2)c1. The van der Waals surface area contributed by atoms with Crippen LogP contribution in [0.1, 0.15) is 52.7 Å². The van der Waals surface area contributed by atoms with Crippen molar-refractivity contribution in [1.29, 1.82) is 0 Å². The van der Waals surface area contributed by atoms with Crippen LogP contribution in [0.4, 0.5) is 9.59 Å². The van der Waals surface area contributed by atoms with Gasteiger partial charge in [0.25, 0.3) is 10.0 Å². The molecule has 4 aromatic rings. The average molecular weight is 608 g/mol. The van der Waals surface area contributed by atoms with Crippen molar-refractivity contribution in [1.82, 2.24) is 13.9 Å². The highest BCUT2D eigenvalue weighted by atomic mass is 32.2. The van der Waals surface area contributed by atoms with Gasteiger partial charge < -0.3 is 14.2 Å². The first kappa shape index (κ1) is 31.6. The molecule has 2 heterocycles. The zero-order valence-corrected chi connectivity index (χ0v) is 26.5. The molecule has 11 heteroatoms. The summed E-state index contributed by atoms with van der Waals surface area (Å²) in [6, 6.07) is 17.0. The van der Waals surface area contributed by atoms with E-state index < -0.39 is 40.0 Å². The highest BCUT2D eigenvalue weighted by Gasteiger charge is 2.35. The first-order valence-corrected chi connectivity index (χ1v) is 15.1. The van der Waals surface area contributed by atoms with Crippen molar-refractivity contribution in [2.45, 2.75) is 71.1 Å². The molecule has 0 radical (unpaired) electrons. The monoisotopic (exact) mass is 607 g/mol. The lowest BCUT2D eigenvalue weighted by Crippen LogP contribution is -2.40. The van der Waals surface area contributed by atoms with Gasteiger partial charge >= 0.3 is 12.2 Å². The number of carbonyl (C=O) groups is 2. The Labute approximate surface area is 252 Å². The van der Waals surface area contributed by atoms with Gasteiger partial charge in [-0.15, -0.1) is 0 Å². The summed E-state index contributed by atoms with van der Waals surface area (Å²) in [4.78, 5) is 31.4. The van der Waals surface area contributed by atoms with E-state index >= 15 is 0 Å². The Hall–Kier alpha value is -4.38. The molecule has 0 atom stereocenters. The number of carbonyl (C=O) groups excluding carboxylic acids is 2. The fraction of sp³-hybridized carbons (Fsp3) is 0.344. The van der Waals surface area contributed by atoms with E-state index in [1.165, 1.54) is 22.9 Å². The van der Waals surface area contributed by atoms with E-state index in [1.54, 1.807) is 72.9 Å². The number of methoxy groups -OCH3 is 1. The number of rotatable bonds is 6. The Bertz CT molecular complexity index is 1760. The summed E-state index contributed by atoms with van der Waals surface area (Å²) in [6.07, 6.45) is -0.306. The minimum absolute atomic E-state index is 0.0710. The number of ether oxygens (including phenoxy) is 3. The quantitative estimate of drug-likeness (QED) is 0.232. The number of nitrogens with zero attached hydrogens (tertiary/aromatic N) is 3. The number of amides is 1. The first-order chi connectivity index (χ1) is 20.0. The van der Waals surface area contributed by atoms with Gasteiger partial charge in [-0.2, -0.15) is 4.31 Å². The second-order valence-electron chi connectivity index (χ2n) is 12.1. The molecule has 4 rings (SSSR count). The first-order valence-electron chi connectivity index (χ1n) is 13.7. The van der Waals surface area contributed by atoms with E-state index in [0.717, 1.165) is 11.1 Å². The van der Waals surface area contributed by atoms with Crippen molar-refractivity contribution >= 4 is 33.2 Å². The van der Waals surface area contributed by atoms with Crippen molar-refractivity contribution < 1.29 is 32.2 Å². The number of sulfonamides is 1. The van der Waals surface area contributed by atoms with Gasteiger partial charge in [-0.1, -0.05) is 29.8 Å². The molecule has 0 saturated carbocycles. The molecule has 0 aliphatic carbocycles. The summed E-state index contributed by atoms with van der Waals surface area (Å²) >= 11 is 0. The van der Waals surface area contributed by atoms with Crippen LogP contribution in [0.3, 0.4) is 0 Å². The van der Waals surface area contributed by atoms with Crippen LogP contribution in [0.5, 0.6) is 5.75 Å². The smallest absolute Gasteiger partial charge is 0.424 e. The maximum Gasteiger partial charge on any atom is 0.424 e. The Morgan fingerprint density at radius 1 is 0.907 bits per heavy atom. The van der Waals surface area contributed by atoms with Crippen LogP contribution in [-0.4, -0.2) is 52.8 Å². The summed E-state index contributed by atoms with van der Waals surface area (Å²) < 4.78 is 46.1. The highest BCUT2D eigenvalue weighted by molar-refractivity contribution is 7.89. The molecule has 2 aromatic heterocycles. The molecule has 43 heavy (non-hydrogen) atoms. The second kappa shape index (κ2) is 11.7. The summed E-state index contributed by atoms with van der Waals surface area (Å²) in [5.41, 5.74) is 0.981. The summed E-state index contributed by atoms with van der Waals surface area (Å²) in [5.74, 6) is 0.636. The van der Waals surface area contributed by atoms with Gasteiger partial charge in [0.05, 0.1) is 24.2 Å². The summed E-state index contributed by atoms with van der Waals surface area (Å²) in [7, 11) is -2.79. The Balaban J connectivity index is 1.88. The molecule has 228 valence electrons. The van der Waals surface area contributed by atoms with Crippen LogP contribution in [0.2, 0.25) is 0 Å². The Kier molecular flexibility index (Phi) is 8.60. The van der Waals surface area contributed by atoms with Crippen LogP contribution in [0.15, 0.2) is 71.8 Å². The molecule has 0 unspecified atom stereocenters. The summed E-state index contributed by atoms with van der Waals surface area (Å²) in [5, 5.41) is 0.463. The van der Waals surface area contributed by atoms with Crippen LogP contribution in [-0.2, 0) is 26.0 Å². The zero-order chi connectivity index (χ0) is 31.7. The van der Waals surface area contributed by atoms with Crippen molar-refractivity contribution in [3.05, 3.63) is 78.0 Å². The number of benzene rings is 2. The lowest BCUT2D eigenvalue weighted by Gasteiger charge is -2.27. The minimum Gasteiger partial charge on any atom is -0.497 e. The lowest BCUT2D eigenvalue weighted by molar-refractivity contribution is 0.0381. The van der Waals surface area contributed by atoms with E-state index in [9.17, 15) is 18.0 Å². The number of pyridine rings is 1. The Morgan fingerprint density at radius 3 is 2.16 bits per heavy atom. The van der Waals surface area contributed by atoms with E-state index in [-0.39, 0.29) is 10.5 Å². The zero-order valence-electron chi connectivity index (χ0n) is 25.7. The predicted octanol–water partition coefficient (Wildman–Crippen LogP) is 6.93. The molecular weight excluding hydrogens is 570 g/mol. The standard InChI is InChI=1S/C32H37N3O7S/c1-21-12-14-25(15-13-21)43(38,39)35(30(37)42-32(5,6)7)20-23-19-34(29(36)41-31(2,3)4)28-26(23)16-17-27(33-28)22-10-9-11-24(18-22)40-8/h9-19H,20H2,1-8H3. The third-order valence-electron chi connectivity index (χ3n) is 6.21. The van der Waals surface area contributed by atoms with Crippen LogP contribution < -0.4 is 4.74 Å². The van der Waals surface area contributed by atoms with Crippen molar-refractivity contribution in [3.8, 4) is 17.0 Å². The Morgan fingerprint density at radius 2 is 1.56 bits per heavy atom. The van der Waals surface area contributed by atoms with Crippen LogP contribution >= 0.6 is 0 Å². The molecule has 0 fully saturated rings. The van der Waals surface area contributed by atoms with E-state index in [2.05, 4.69) is 0 Å². The molecule has 1 amide bonds. The largest absolute Gasteiger partial charge is 0.497 e. The predicted molar refractivity (Wildman–Crippen MR) is 163 cm³/mol. The number of aryl methyl sites for hydroxylation is 1. The molecule has 0 saturated heterocycles. The normalized spacial score (nSPS) is 12.2. The van der Waals surface area contributed by atoms with E-state index in [1.807, 2.05) is 31.2 Å². The van der Waals surface area contributed by atoms with Crippen molar-refractivity contribution in [2.24, 2.45) is 0 Å².